The Bertz CT molecular complexity index is 1040. The van der Waals surface area contributed by atoms with Gasteiger partial charge in [-0.15, -0.1) is 0 Å². The number of nitrogens with zero attached hydrogens (tertiary/aromatic N) is 1. The van der Waals surface area contributed by atoms with Crippen molar-refractivity contribution in [3.05, 3.63) is 89.5 Å². The number of hydrogen-bond donors (Lipinski definition) is 0. The molecule has 6 heteroatoms. The minimum atomic E-state index is -0.194. The number of carbonyl (C=O) groups is 1. The summed E-state index contributed by atoms with van der Waals surface area (Å²) in [6.45, 7) is 1.49. The van der Waals surface area contributed by atoms with E-state index in [1.165, 1.54) is 0 Å². The quantitative estimate of drug-likeness (QED) is 0.528. The first kappa shape index (κ1) is 21.7. The van der Waals surface area contributed by atoms with Crippen LogP contribution in [0.2, 0.25) is 0 Å². The van der Waals surface area contributed by atoms with E-state index in [4.69, 9.17) is 18.9 Å². The Balaban J connectivity index is 1.40. The molecule has 0 spiro atoms. The van der Waals surface area contributed by atoms with Crippen molar-refractivity contribution in [1.29, 1.82) is 0 Å². The SMILES string of the molecule is COc1ccc(CN2CC(c3ccc(OCc4ccccc4)cc3)OCC2=O)c(OC)c1. The van der Waals surface area contributed by atoms with Gasteiger partial charge in [0.2, 0.25) is 5.91 Å². The summed E-state index contributed by atoms with van der Waals surface area (Å²) in [7, 11) is 3.23. The van der Waals surface area contributed by atoms with Gasteiger partial charge in [0.1, 0.15) is 36.6 Å². The Morgan fingerprint density at radius 3 is 2.41 bits per heavy atom. The molecule has 1 amide bonds. The van der Waals surface area contributed by atoms with E-state index in [0.29, 0.717) is 31.2 Å². The van der Waals surface area contributed by atoms with E-state index in [1.807, 2.05) is 72.8 Å². The Morgan fingerprint density at radius 1 is 0.938 bits per heavy atom. The first-order valence-corrected chi connectivity index (χ1v) is 10.5. The fourth-order valence-electron chi connectivity index (χ4n) is 3.68. The maximum absolute atomic E-state index is 12.5. The van der Waals surface area contributed by atoms with E-state index in [1.54, 1.807) is 19.1 Å². The first-order valence-electron chi connectivity index (χ1n) is 10.5. The lowest BCUT2D eigenvalue weighted by Gasteiger charge is -2.33. The molecule has 32 heavy (non-hydrogen) atoms. The fourth-order valence-corrected chi connectivity index (χ4v) is 3.68. The Morgan fingerprint density at radius 2 is 1.69 bits per heavy atom. The second-order valence-corrected chi connectivity index (χ2v) is 7.59. The monoisotopic (exact) mass is 433 g/mol. The minimum Gasteiger partial charge on any atom is -0.497 e. The highest BCUT2D eigenvalue weighted by molar-refractivity contribution is 5.78. The van der Waals surface area contributed by atoms with E-state index >= 15 is 0 Å². The number of rotatable bonds is 8. The van der Waals surface area contributed by atoms with Gasteiger partial charge in [0.05, 0.1) is 20.8 Å². The van der Waals surface area contributed by atoms with Crippen LogP contribution in [0.25, 0.3) is 0 Å². The highest BCUT2D eigenvalue weighted by Gasteiger charge is 2.28. The van der Waals surface area contributed by atoms with Crippen LogP contribution in [0.5, 0.6) is 17.2 Å². The fraction of sp³-hybridized carbons (Fsp3) is 0.269. The van der Waals surface area contributed by atoms with Crippen molar-refractivity contribution >= 4 is 5.91 Å². The van der Waals surface area contributed by atoms with Gasteiger partial charge in [0, 0.05) is 18.2 Å². The van der Waals surface area contributed by atoms with Crippen LogP contribution in [0, 0.1) is 0 Å². The molecule has 0 radical (unpaired) electrons. The summed E-state index contributed by atoms with van der Waals surface area (Å²) in [4.78, 5) is 14.3. The van der Waals surface area contributed by atoms with E-state index in [2.05, 4.69) is 0 Å². The van der Waals surface area contributed by atoms with Crippen LogP contribution in [-0.2, 0) is 22.7 Å². The van der Waals surface area contributed by atoms with Crippen LogP contribution in [0.3, 0.4) is 0 Å². The summed E-state index contributed by atoms with van der Waals surface area (Å²) in [5, 5.41) is 0. The molecule has 1 saturated heterocycles. The number of carbonyl (C=O) groups excluding carboxylic acids is 1. The molecule has 3 aromatic rings. The van der Waals surface area contributed by atoms with E-state index in [9.17, 15) is 4.79 Å². The first-order chi connectivity index (χ1) is 15.7. The van der Waals surface area contributed by atoms with Gasteiger partial charge in [0.15, 0.2) is 0 Å². The maximum atomic E-state index is 12.5. The summed E-state index contributed by atoms with van der Waals surface area (Å²) in [5.41, 5.74) is 3.05. The number of hydrogen-bond acceptors (Lipinski definition) is 5. The van der Waals surface area contributed by atoms with E-state index in [-0.39, 0.29) is 18.6 Å². The Hall–Kier alpha value is -3.51. The highest BCUT2D eigenvalue weighted by Crippen LogP contribution is 2.29. The highest BCUT2D eigenvalue weighted by atomic mass is 16.5. The summed E-state index contributed by atoms with van der Waals surface area (Å²) in [6, 6.07) is 23.5. The average Bonchev–Trinajstić information content (AvgIpc) is 2.85. The Kier molecular flexibility index (Phi) is 6.92. The molecule has 0 aliphatic carbocycles. The normalized spacial score (nSPS) is 16.0. The molecule has 0 N–H and O–H groups in total. The molecule has 0 aromatic heterocycles. The molecule has 0 saturated carbocycles. The van der Waals surface area contributed by atoms with Gasteiger partial charge >= 0.3 is 0 Å². The van der Waals surface area contributed by atoms with E-state index < -0.39 is 0 Å². The largest absolute Gasteiger partial charge is 0.497 e. The molecule has 1 heterocycles. The van der Waals surface area contributed by atoms with Crippen molar-refractivity contribution in [2.45, 2.75) is 19.3 Å². The zero-order valence-corrected chi connectivity index (χ0v) is 18.3. The van der Waals surface area contributed by atoms with Crippen LogP contribution in [0.1, 0.15) is 22.8 Å². The molecule has 1 fully saturated rings. The van der Waals surface area contributed by atoms with Gasteiger partial charge in [0.25, 0.3) is 0 Å². The van der Waals surface area contributed by atoms with Crippen molar-refractivity contribution in [3.63, 3.8) is 0 Å². The van der Waals surface area contributed by atoms with Crippen LogP contribution >= 0.6 is 0 Å². The third-order valence-electron chi connectivity index (χ3n) is 5.50. The van der Waals surface area contributed by atoms with Crippen molar-refractivity contribution in [1.82, 2.24) is 4.90 Å². The van der Waals surface area contributed by atoms with Crippen molar-refractivity contribution in [2.24, 2.45) is 0 Å². The van der Waals surface area contributed by atoms with Crippen molar-refractivity contribution in [3.8, 4) is 17.2 Å². The summed E-state index contributed by atoms with van der Waals surface area (Å²) < 4.78 is 22.4. The van der Waals surface area contributed by atoms with Gasteiger partial charge < -0.3 is 23.8 Å². The molecule has 6 nitrogen and oxygen atoms in total. The van der Waals surface area contributed by atoms with Gasteiger partial charge in [-0.2, -0.15) is 0 Å². The maximum Gasteiger partial charge on any atom is 0.249 e. The summed E-state index contributed by atoms with van der Waals surface area (Å²) in [5.74, 6) is 2.16. The number of benzene rings is 3. The van der Waals surface area contributed by atoms with E-state index in [0.717, 1.165) is 22.4 Å². The number of morpholine rings is 1. The lowest BCUT2D eigenvalue weighted by molar-refractivity contribution is -0.150. The third-order valence-corrected chi connectivity index (χ3v) is 5.50. The molecule has 0 bridgehead atoms. The molecular weight excluding hydrogens is 406 g/mol. The molecule has 1 atom stereocenters. The smallest absolute Gasteiger partial charge is 0.249 e. The lowest BCUT2D eigenvalue weighted by atomic mass is 10.1. The molecule has 1 aliphatic rings. The molecule has 1 aliphatic heterocycles. The molecule has 166 valence electrons. The predicted molar refractivity (Wildman–Crippen MR) is 121 cm³/mol. The number of amides is 1. The van der Waals surface area contributed by atoms with Crippen LogP contribution in [0.4, 0.5) is 0 Å². The van der Waals surface area contributed by atoms with Crippen molar-refractivity contribution < 1.29 is 23.7 Å². The number of ether oxygens (including phenoxy) is 4. The van der Waals surface area contributed by atoms with Crippen molar-refractivity contribution in [2.75, 3.05) is 27.4 Å². The second kappa shape index (κ2) is 10.2. The topological polar surface area (TPSA) is 57.2 Å². The van der Waals surface area contributed by atoms with Gasteiger partial charge in [-0.3, -0.25) is 4.79 Å². The lowest BCUT2D eigenvalue weighted by Crippen LogP contribution is -2.42. The zero-order valence-electron chi connectivity index (χ0n) is 18.3. The summed E-state index contributed by atoms with van der Waals surface area (Å²) >= 11 is 0. The average molecular weight is 434 g/mol. The predicted octanol–water partition coefficient (Wildman–Crippen LogP) is 4.38. The van der Waals surface area contributed by atoms with Gasteiger partial charge in [-0.1, -0.05) is 42.5 Å². The molecule has 4 rings (SSSR count). The molecule has 1 unspecified atom stereocenters. The standard InChI is InChI=1S/C26H27NO5/c1-29-23-13-10-21(24(14-23)30-2)15-27-16-25(32-18-26(27)28)20-8-11-22(12-9-20)31-17-19-6-4-3-5-7-19/h3-14,25H,15-18H2,1-2H3. The van der Waals surface area contributed by atoms with Crippen LogP contribution in [-0.4, -0.2) is 38.2 Å². The van der Waals surface area contributed by atoms with Gasteiger partial charge in [-0.05, 0) is 35.4 Å². The third kappa shape index (κ3) is 5.21. The molecule has 3 aromatic carbocycles. The van der Waals surface area contributed by atoms with Gasteiger partial charge in [-0.25, -0.2) is 0 Å². The van der Waals surface area contributed by atoms with Crippen LogP contribution in [0.15, 0.2) is 72.8 Å². The second-order valence-electron chi connectivity index (χ2n) is 7.59. The summed E-state index contributed by atoms with van der Waals surface area (Å²) in [6.07, 6.45) is -0.194. The minimum absolute atomic E-state index is 0.0399. The van der Waals surface area contributed by atoms with Crippen LogP contribution < -0.4 is 14.2 Å². The number of methoxy groups -OCH3 is 2. The molecular formula is C26H27NO5. The Labute approximate surface area is 188 Å². The zero-order chi connectivity index (χ0) is 22.3.